The Kier molecular flexibility index (Phi) is 3.19. The Labute approximate surface area is 102 Å². The molecule has 0 radical (unpaired) electrons. The van der Waals surface area contributed by atoms with Crippen LogP contribution in [0.25, 0.3) is 0 Å². The molecule has 0 aliphatic rings. The monoisotopic (exact) mass is 250 g/mol. The molecule has 0 saturated heterocycles. The maximum Gasteiger partial charge on any atom is 0.198 e. The molecule has 0 atom stereocenters. The summed E-state index contributed by atoms with van der Waals surface area (Å²) in [6.07, 6.45) is 0. The Morgan fingerprint density at radius 1 is 1.00 bits per heavy atom. The van der Waals surface area contributed by atoms with Crippen LogP contribution in [0.1, 0.15) is 21.5 Å². The third-order valence-corrected chi connectivity index (χ3v) is 2.61. The van der Waals surface area contributed by atoms with Crippen molar-refractivity contribution in [1.29, 1.82) is 0 Å². The predicted octanol–water partition coefficient (Wildman–Crippen LogP) is 3.64. The van der Waals surface area contributed by atoms with Gasteiger partial charge in [0.05, 0.1) is 11.1 Å². The van der Waals surface area contributed by atoms with Gasteiger partial charge in [-0.15, -0.1) is 0 Å². The molecule has 2 aromatic rings. The molecule has 0 amide bonds. The van der Waals surface area contributed by atoms with Crippen molar-refractivity contribution in [2.45, 2.75) is 6.92 Å². The highest BCUT2D eigenvalue weighted by atomic mass is 19.1. The minimum atomic E-state index is -0.999. The van der Waals surface area contributed by atoms with Gasteiger partial charge in [-0.1, -0.05) is 12.1 Å². The second-order valence-electron chi connectivity index (χ2n) is 3.89. The Morgan fingerprint density at radius 2 is 1.72 bits per heavy atom. The highest BCUT2D eigenvalue weighted by molar-refractivity contribution is 6.09. The number of rotatable bonds is 2. The lowest BCUT2D eigenvalue weighted by Gasteiger charge is -2.05. The van der Waals surface area contributed by atoms with Crippen LogP contribution in [-0.4, -0.2) is 5.78 Å². The number of carbonyl (C=O) groups is 1. The van der Waals surface area contributed by atoms with E-state index in [0.29, 0.717) is 11.6 Å². The molecular weight excluding hydrogens is 241 g/mol. The van der Waals surface area contributed by atoms with Crippen LogP contribution in [0.5, 0.6) is 0 Å². The third-order valence-electron chi connectivity index (χ3n) is 2.61. The smallest absolute Gasteiger partial charge is 0.198 e. The molecule has 0 aliphatic carbocycles. The van der Waals surface area contributed by atoms with Crippen molar-refractivity contribution < 1.29 is 18.0 Å². The molecule has 0 aromatic heterocycles. The maximum absolute atomic E-state index is 13.7. The van der Waals surface area contributed by atoms with Gasteiger partial charge in [0, 0.05) is 6.07 Å². The zero-order valence-electron chi connectivity index (χ0n) is 9.51. The summed E-state index contributed by atoms with van der Waals surface area (Å²) in [5.41, 5.74) is -0.273. The van der Waals surface area contributed by atoms with Crippen molar-refractivity contribution in [3.8, 4) is 0 Å². The van der Waals surface area contributed by atoms with Crippen molar-refractivity contribution in [2.24, 2.45) is 0 Å². The van der Waals surface area contributed by atoms with Crippen LogP contribution in [0, 0.1) is 24.4 Å². The fourth-order valence-corrected chi connectivity index (χ4v) is 1.64. The molecule has 2 rings (SSSR count). The van der Waals surface area contributed by atoms with E-state index >= 15 is 0 Å². The lowest BCUT2D eigenvalue weighted by Crippen LogP contribution is -2.08. The summed E-state index contributed by atoms with van der Waals surface area (Å²) < 4.78 is 39.9. The van der Waals surface area contributed by atoms with Crippen LogP contribution in [0.2, 0.25) is 0 Å². The van der Waals surface area contributed by atoms with Crippen molar-refractivity contribution >= 4 is 5.78 Å². The molecule has 2 aromatic carbocycles. The highest BCUT2D eigenvalue weighted by Gasteiger charge is 2.18. The van der Waals surface area contributed by atoms with Crippen LogP contribution in [0.4, 0.5) is 13.2 Å². The summed E-state index contributed by atoms with van der Waals surface area (Å²) in [7, 11) is 0. The fourth-order valence-electron chi connectivity index (χ4n) is 1.64. The molecule has 0 heterocycles. The van der Waals surface area contributed by atoms with E-state index in [0.717, 1.165) is 12.1 Å². The molecular formula is C14H9F3O. The van der Waals surface area contributed by atoms with Gasteiger partial charge in [-0.2, -0.15) is 0 Å². The first-order valence-corrected chi connectivity index (χ1v) is 5.25. The van der Waals surface area contributed by atoms with Gasteiger partial charge in [0.15, 0.2) is 5.78 Å². The first-order valence-electron chi connectivity index (χ1n) is 5.25. The van der Waals surface area contributed by atoms with E-state index < -0.39 is 23.2 Å². The fraction of sp³-hybridized carbons (Fsp3) is 0.0714. The highest BCUT2D eigenvalue weighted by Crippen LogP contribution is 2.19. The van der Waals surface area contributed by atoms with Gasteiger partial charge in [0.1, 0.15) is 17.5 Å². The van der Waals surface area contributed by atoms with Crippen LogP contribution in [-0.2, 0) is 0 Å². The zero-order chi connectivity index (χ0) is 13.3. The van der Waals surface area contributed by atoms with Crippen LogP contribution < -0.4 is 0 Å². The summed E-state index contributed by atoms with van der Waals surface area (Å²) in [6, 6.07) is 6.85. The number of ketones is 1. The first-order chi connectivity index (χ1) is 8.50. The Morgan fingerprint density at radius 3 is 2.39 bits per heavy atom. The van der Waals surface area contributed by atoms with Crippen LogP contribution >= 0.6 is 0 Å². The largest absolute Gasteiger partial charge is 0.288 e. The minimum Gasteiger partial charge on any atom is -0.288 e. The number of aryl methyl sites for hydroxylation is 1. The maximum atomic E-state index is 13.7. The SMILES string of the molecule is Cc1cccc(C(=O)c2ccc(F)cc2F)c1F. The average Bonchev–Trinajstić information content (AvgIpc) is 2.32. The topological polar surface area (TPSA) is 17.1 Å². The lowest BCUT2D eigenvalue weighted by atomic mass is 10.0. The van der Waals surface area contributed by atoms with Crippen LogP contribution in [0.15, 0.2) is 36.4 Å². The molecule has 4 heteroatoms. The number of hydrogen-bond donors (Lipinski definition) is 0. The molecule has 1 nitrogen and oxygen atoms in total. The van der Waals surface area contributed by atoms with Crippen molar-refractivity contribution in [3.63, 3.8) is 0 Å². The Balaban J connectivity index is 2.51. The Bertz CT molecular complexity index is 620. The molecule has 0 bridgehead atoms. The molecule has 0 unspecified atom stereocenters. The molecule has 18 heavy (non-hydrogen) atoms. The molecule has 0 spiro atoms. The quantitative estimate of drug-likeness (QED) is 0.743. The third kappa shape index (κ3) is 2.14. The second kappa shape index (κ2) is 4.64. The van der Waals surface area contributed by atoms with Gasteiger partial charge in [-0.3, -0.25) is 4.79 Å². The summed E-state index contributed by atoms with van der Waals surface area (Å²) in [5.74, 6) is -3.27. The second-order valence-corrected chi connectivity index (χ2v) is 3.89. The van der Waals surface area contributed by atoms with E-state index in [1.807, 2.05) is 0 Å². The van der Waals surface area contributed by atoms with E-state index in [2.05, 4.69) is 0 Å². The van der Waals surface area contributed by atoms with Crippen molar-refractivity contribution in [1.82, 2.24) is 0 Å². The number of hydrogen-bond acceptors (Lipinski definition) is 1. The van der Waals surface area contributed by atoms with Gasteiger partial charge < -0.3 is 0 Å². The summed E-state index contributed by atoms with van der Waals surface area (Å²) in [5, 5.41) is 0. The van der Waals surface area contributed by atoms with Gasteiger partial charge in [-0.25, -0.2) is 13.2 Å². The van der Waals surface area contributed by atoms with E-state index in [9.17, 15) is 18.0 Å². The molecule has 0 fully saturated rings. The van der Waals surface area contributed by atoms with E-state index in [4.69, 9.17) is 0 Å². The standard InChI is InChI=1S/C14H9F3O/c1-8-3-2-4-11(13(8)17)14(18)10-6-5-9(15)7-12(10)16/h2-7H,1H3. The zero-order valence-corrected chi connectivity index (χ0v) is 9.51. The minimum absolute atomic E-state index is 0.222. The summed E-state index contributed by atoms with van der Waals surface area (Å²) in [4.78, 5) is 11.9. The number of benzene rings is 2. The van der Waals surface area contributed by atoms with Gasteiger partial charge in [0.25, 0.3) is 0 Å². The van der Waals surface area contributed by atoms with Crippen molar-refractivity contribution in [3.05, 3.63) is 70.5 Å². The molecule has 0 aliphatic heterocycles. The first kappa shape index (κ1) is 12.4. The summed E-state index contributed by atoms with van der Waals surface area (Å²) >= 11 is 0. The molecule has 0 saturated carbocycles. The van der Waals surface area contributed by atoms with Gasteiger partial charge >= 0.3 is 0 Å². The van der Waals surface area contributed by atoms with Gasteiger partial charge in [0.2, 0.25) is 0 Å². The van der Waals surface area contributed by atoms with Crippen molar-refractivity contribution in [2.75, 3.05) is 0 Å². The molecule has 92 valence electrons. The van der Waals surface area contributed by atoms with Crippen LogP contribution in [0.3, 0.4) is 0 Å². The average molecular weight is 250 g/mol. The Hall–Kier alpha value is -2.10. The van der Waals surface area contributed by atoms with E-state index in [-0.39, 0.29) is 11.1 Å². The number of carbonyl (C=O) groups excluding carboxylic acids is 1. The van der Waals surface area contributed by atoms with E-state index in [1.165, 1.54) is 25.1 Å². The van der Waals surface area contributed by atoms with Gasteiger partial charge in [-0.05, 0) is 30.7 Å². The predicted molar refractivity (Wildman–Crippen MR) is 60.9 cm³/mol. The lowest BCUT2D eigenvalue weighted by molar-refractivity contribution is 0.103. The number of halogens is 3. The normalized spacial score (nSPS) is 10.4. The molecule has 0 N–H and O–H groups in total. The van der Waals surface area contributed by atoms with E-state index in [1.54, 1.807) is 0 Å². The summed E-state index contributed by atoms with van der Waals surface area (Å²) in [6.45, 7) is 1.51.